The van der Waals surface area contributed by atoms with E-state index >= 15 is 0 Å². The van der Waals surface area contributed by atoms with Crippen molar-refractivity contribution < 1.29 is 14.3 Å². The molecule has 1 aliphatic rings. The van der Waals surface area contributed by atoms with Crippen molar-refractivity contribution in [2.45, 2.75) is 52.2 Å². The van der Waals surface area contributed by atoms with Crippen LogP contribution in [0.2, 0.25) is 5.02 Å². The highest BCUT2D eigenvalue weighted by molar-refractivity contribution is 6.35. The maximum absolute atomic E-state index is 15.0. The molecule has 2 N–H and O–H groups in total. The first kappa shape index (κ1) is 26.0. The third kappa shape index (κ3) is 4.93. The highest BCUT2D eigenvalue weighted by atomic mass is 35.5. The van der Waals surface area contributed by atoms with Gasteiger partial charge in [-0.15, -0.1) is 0 Å². The minimum absolute atomic E-state index is 0.0501. The molecule has 0 aliphatic carbocycles. The maximum Gasteiger partial charge on any atom is 0.227 e. The molecule has 2 aromatic carbocycles. The highest BCUT2D eigenvalue weighted by Crippen LogP contribution is 2.38. The van der Waals surface area contributed by atoms with Gasteiger partial charge in [-0.1, -0.05) is 17.7 Å². The number of benzene rings is 2. The molecule has 1 amide bonds. The number of rotatable bonds is 6. The molecule has 2 aromatic heterocycles. The van der Waals surface area contributed by atoms with Gasteiger partial charge in [0.2, 0.25) is 5.91 Å². The number of carbonyl (C=O) groups is 1. The average molecular weight is 534 g/mol. The van der Waals surface area contributed by atoms with Gasteiger partial charge in [-0.25, -0.2) is 14.4 Å². The number of nitrogens with one attached hydrogen (secondary N) is 1. The van der Waals surface area contributed by atoms with Crippen LogP contribution in [0.15, 0.2) is 48.8 Å². The number of hydrogen-bond donors (Lipinski definition) is 2. The molecule has 1 aliphatic heterocycles. The van der Waals surface area contributed by atoms with Crippen LogP contribution in [0.3, 0.4) is 0 Å². The van der Waals surface area contributed by atoms with Gasteiger partial charge in [-0.05, 0) is 70.0 Å². The first-order chi connectivity index (χ1) is 18.0. The molecular formula is C29H29ClFN5O2. The second kappa shape index (κ2) is 9.93. The van der Waals surface area contributed by atoms with Crippen LogP contribution in [0.1, 0.15) is 56.7 Å². The summed E-state index contributed by atoms with van der Waals surface area (Å²) < 4.78 is 15.0. The molecule has 0 spiro atoms. The Hall–Kier alpha value is -3.62. The lowest BCUT2D eigenvalue weighted by Gasteiger charge is -2.22. The lowest BCUT2D eigenvalue weighted by atomic mass is 10.0. The summed E-state index contributed by atoms with van der Waals surface area (Å²) in [7, 11) is 0. The number of pyridine rings is 1. The van der Waals surface area contributed by atoms with Crippen LogP contribution in [-0.4, -0.2) is 32.5 Å². The van der Waals surface area contributed by atoms with Crippen molar-refractivity contribution in [2.75, 3.05) is 16.8 Å². The fourth-order valence-electron chi connectivity index (χ4n) is 4.72. The normalized spacial score (nSPS) is 14.8. The first-order valence-corrected chi connectivity index (χ1v) is 12.9. The molecule has 3 heterocycles. The van der Waals surface area contributed by atoms with E-state index in [1.54, 1.807) is 43.3 Å². The van der Waals surface area contributed by atoms with Crippen LogP contribution in [0.25, 0.3) is 22.0 Å². The largest absolute Gasteiger partial charge is 0.382 e. The summed E-state index contributed by atoms with van der Waals surface area (Å²) in [4.78, 5) is 27.2. The molecule has 1 atom stereocenters. The summed E-state index contributed by atoms with van der Waals surface area (Å²) in [5, 5.41) is 14.8. The monoisotopic (exact) mass is 533 g/mol. The minimum Gasteiger partial charge on any atom is -0.382 e. The Labute approximate surface area is 225 Å². The molecule has 1 saturated heterocycles. The second-order valence-corrected chi connectivity index (χ2v) is 10.6. The Morgan fingerprint density at radius 3 is 2.53 bits per heavy atom. The molecular weight excluding hydrogens is 505 g/mol. The van der Waals surface area contributed by atoms with E-state index in [1.165, 1.54) is 6.07 Å². The molecule has 0 saturated carbocycles. The maximum atomic E-state index is 15.0. The van der Waals surface area contributed by atoms with E-state index < -0.39 is 11.6 Å². The SMILES string of the molecule is Cc1nc2ccc(-c3cnc(C(C)(C)O)nc3)cc2c(N[C@H](C)c2cc(N3CCCC3=O)ccc2F)c1Cl. The van der Waals surface area contributed by atoms with E-state index in [1.807, 2.05) is 32.0 Å². The molecule has 0 bridgehead atoms. The Balaban J connectivity index is 1.53. The number of amides is 1. The molecule has 7 nitrogen and oxygen atoms in total. The number of fused-ring (bicyclic) bond motifs is 1. The molecule has 196 valence electrons. The summed E-state index contributed by atoms with van der Waals surface area (Å²) in [6.45, 7) is 7.59. The number of aryl methyl sites for hydroxylation is 1. The number of anilines is 2. The number of aromatic nitrogens is 3. The molecule has 0 radical (unpaired) electrons. The average Bonchev–Trinajstić information content (AvgIpc) is 3.32. The van der Waals surface area contributed by atoms with Crippen molar-refractivity contribution in [2.24, 2.45) is 0 Å². The van der Waals surface area contributed by atoms with Gasteiger partial charge in [-0.3, -0.25) is 9.78 Å². The molecule has 0 unspecified atom stereocenters. The lowest BCUT2D eigenvalue weighted by Crippen LogP contribution is -2.24. The van der Waals surface area contributed by atoms with Crippen molar-refractivity contribution in [3.05, 3.63) is 76.7 Å². The number of carbonyl (C=O) groups excluding carboxylic acids is 1. The fourth-order valence-corrected chi connectivity index (χ4v) is 4.92. The van der Waals surface area contributed by atoms with Gasteiger partial charge in [0, 0.05) is 47.6 Å². The van der Waals surface area contributed by atoms with Gasteiger partial charge in [0.25, 0.3) is 0 Å². The lowest BCUT2D eigenvalue weighted by molar-refractivity contribution is -0.117. The number of aliphatic hydroxyl groups is 1. The predicted octanol–water partition coefficient (Wildman–Crippen LogP) is 6.32. The molecule has 1 fully saturated rings. The Bertz CT molecular complexity index is 1540. The molecule has 5 rings (SSSR count). The summed E-state index contributed by atoms with van der Waals surface area (Å²) in [5.41, 5.74) is 3.62. The summed E-state index contributed by atoms with van der Waals surface area (Å²) >= 11 is 6.74. The smallest absolute Gasteiger partial charge is 0.227 e. The third-order valence-electron chi connectivity index (χ3n) is 6.82. The van der Waals surface area contributed by atoms with Crippen LogP contribution in [-0.2, 0) is 10.4 Å². The zero-order valence-electron chi connectivity index (χ0n) is 21.7. The zero-order valence-corrected chi connectivity index (χ0v) is 22.5. The Kier molecular flexibility index (Phi) is 6.79. The van der Waals surface area contributed by atoms with Crippen molar-refractivity contribution in [1.82, 2.24) is 15.0 Å². The van der Waals surface area contributed by atoms with Crippen molar-refractivity contribution in [3.63, 3.8) is 0 Å². The standard InChI is InChI=1S/C29H29ClFN5O2/c1-16(21-13-20(8-9-23(21)31)36-11-5-6-25(36)37)35-27-22-12-18(7-10-24(22)34-17(2)26(27)30)19-14-32-28(33-15-19)29(3,4)38/h7-10,12-16,38H,5-6,11H2,1-4H3,(H,34,35)/t16-/m1/s1. The first-order valence-electron chi connectivity index (χ1n) is 12.5. The van der Waals surface area contributed by atoms with E-state index in [4.69, 9.17) is 11.6 Å². The van der Waals surface area contributed by atoms with E-state index in [0.29, 0.717) is 46.4 Å². The summed E-state index contributed by atoms with van der Waals surface area (Å²) in [6, 6.07) is 10.1. The van der Waals surface area contributed by atoms with Crippen molar-refractivity contribution >= 4 is 39.8 Å². The van der Waals surface area contributed by atoms with Gasteiger partial charge in [0.1, 0.15) is 11.4 Å². The van der Waals surface area contributed by atoms with E-state index in [-0.39, 0.29) is 11.7 Å². The van der Waals surface area contributed by atoms with Crippen molar-refractivity contribution in [3.8, 4) is 11.1 Å². The van der Waals surface area contributed by atoms with Crippen LogP contribution < -0.4 is 10.2 Å². The van der Waals surface area contributed by atoms with Gasteiger partial charge in [-0.2, -0.15) is 0 Å². The quantitative estimate of drug-likeness (QED) is 0.301. The van der Waals surface area contributed by atoms with Crippen LogP contribution in [0.4, 0.5) is 15.8 Å². The topological polar surface area (TPSA) is 91.2 Å². The highest BCUT2D eigenvalue weighted by Gasteiger charge is 2.24. The van der Waals surface area contributed by atoms with E-state index in [9.17, 15) is 14.3 Å². The van der Waals surface area contributed by atoms with Crippen LogP contribution >= 0.6 is 11.6 Å². The van der Waals surface area contributed by atoms with Crippen LogP contribution in [0, 0.1) is 12.7 Å². The predicted molar refractivity (Wildman–Crippen MR) is 148 cm³/mol. The number of hydrogen-bond acceptors (Lipinski definition) is 6. The minimum atomic E-state index is -1.14. The Morgan fingerprint density at radius 1 is 1.13 bits per heavy atom. The van der Waals surface area contributed by atoms with Gasteiger partial charge < -0.3 is 15.3 Å². The number of halogens is 2. The van der Waals surface area contributed by atoms with Crippen molar-refractivity contribution in [1.29, 1.82) is 0 Å². The third-order valence-corrected chi connectivity index (χ3v) is 7.28. The summed E-state index contributed by atoms with van der Waals surface area (Å²) in [6.07, 6.45) is 4.64. The molecule has 38 heavy (non-hydrogen) atoms. The van der Waals surface area contributed by atoms with Gasteiger partial charge in [0.05, 0.1) is 28.0 Å². The van der Waals surface area contributed by atoms with E-state index in [2.05, 4.69) is 20.3 Å². The molecule has 9 heteroatoms. The fraction of sp³-hybridized carbons (Fsp3) is 0.310. The second-order valence-electron chi connectivity index (χ2n) is 10.2. The van der Waals surface area contributed by atoms with Gasteiger partial charge >= 0.3 is 0 Å². The zero-order chi connectivity index (χ0) is 27.2. The summed E-state index contributed by atoms with van der Waals surface area (Å²) in [5.74, 6) is 0.0174. The number of nitrogens with zero attached hydrogens (tertiary/aromatic N) is 4. The molecule has 4 aromatic rings. The Morgan fingerprint density at radius 2 is 1.87 bits per heavy atom. The van der Waals surface area contributed by atoms with E-state index in [0.717, 1.165) is 28.5 Å². The van der Waals surface area contributed by atoms with Crippen LogP contribution in [0.5, 0.6) is 0 Å². The van der Waals surface area contributed by atoms with Gasteiger partial charge in [0.15, 0.2) is 5.82 Å².